The number of carbonyl (C=O) groups excluding carboxylic acids is 1. The minimum atomic E-state index is -0.370. The third-order valence-corrected chi connectivity index (χ3v) is 6.22. The molecule has 180 valence electrons. The van der Waals surface area contributed by atoms with Gasteiger partial charge in [-0.25, -0.2) is 19.7 Å². The molecule has 2 aliphatic rings. The van der Waals surface area contributed by atoms with Crippen LogP contribution in [0.3, 0.4) is 0 Å². The molecule has 0 unspecified atom stereocenters. The minimum Gasteiger partial charge on any atom is -0.355 e. The largest absolute Gasteiger partial charge is 0.355 e. The van der Waals surface area contributed by atoms with Crippen molar-refractivity contribution >= 4 is 35.9 Å². The number of primary amides is 1. The second-order valence-corrected chi connectivity index (χ2v) is 8.68. The highest BCUT2D eigenvalue weighted by Gasteiger charge is 2.25. The van der Waals surface area contributed by atoms with Crippen LogP contribution in [-0.4, -0.2) is 52.1 Å². The highest BCUT2D eigenvalue weighted by molar-refractivity contribution is 5.85. The SMILES string of the molecule is Cl.N#Cc1ccnc(Nc2cc(C3CC3)cc(-c3ccc(N4CCCN(C(N)=O)CC4)nc3)n2)c1. The van der Waals surface area contributed by atoms with Crippen LogP contribution in [0.5, 0.6) is 0 Å². The van der Waals surface area contributed by atoms with Crippen molar-refractivity contribution in [2.45, 2.75) is 25.2 Å². The van der Waals surface area contributed by atoms with Gasteiger partial charge in [0.25, 0.3) is 0 Å². The van der Waals surface area contributed by atoms with E-state index in [1.165, 1.54) is 18.4 Å². The van der Waals surface area contributed by atoms with E-state index in [4.69, 9.17) is 21.0 Å². The van der Waals surface area contributed by atoms with Gasteiger partial charge in [0.2, 0.25) is 0 Å². The van der Waals surface area contributed by atoms with Gasteiger partial charge in [-0.05, 0) is 67.1 Å². The molecular weight excluding hydrogens is 464 g/mol. The third kappa shape index (κ3) is 5.78. The number of carbonyl (C=O) groups is 1. The number of urea groups is 1. The van der Waals surface area contributed by atoms with Crippen LogP contribution in [-0.2, 0) is 0 Å². The fourth-order valence-corrected chi connectivity index (χ4v) is 4.21. The number of nitrogens with zero attached hydrogens (tertiary/aromatic N) is 6. The van der Waals surface area contributed by atoms with Gasteiger partial charge in [0, 0.05) is 44.1 Å². The van der Waals surface area contributed by atoms with Gasteiger partial charge in [-0.1, -0.05) is 0 Å². The number of halogens is 1. The summed E-state index contributed by atoms with van der Waals surface area (Å²) in [6.45, 7) is 2.80. The Morgan fingerprint density at radius 3 is 2.63 bits per heavy atom. The molecule has 0 bridgehead atoms. The highest BCUT2D eigenvalue weighted by Crippen LogP contribution is 2.42. The molecule has 1 saturated heterocycles. The summed E-state index contributed by atoms with van der Waals surface area (Å²) in [6, 6.07) is 13.4. The lowest BCUT2D eigenvalue weighted by molar-refractivity contribution is 0.211. The van der Waals surface area contributed by atoms with Crippen LogP contribution in [0.1, 0.15) is 36.3 Å². The second-order valence-electron chi connectivity index (χ2n) is 8.68. The predicted octanol–water partition coefficient (Wildman–Crippen LogP) is 4.04. The molecule has 1 aliphatic carbocycles. The van der Waals surface area contributed by atoms with Crippen LogP contribution in [0.15, 0.2) is 48.8 Å². The van der Waals surface area contributed by atoms with E-state index in [-0.39, 0.29) is 18.4 Å². The van der Waals surface area contributed by atoms with Crippen molar-refractivity contribution in [2.24, 2.45) is 5.73 Å². The van der Waals surface area contributed by atoms with E-state index in [2.05, 4.69) is 33.4 Å². The molecule has 2 amide bonds. The molecule has 0 atom stereocenters. The molecule has 4 heterocycles. The molecule has 3 N–H and O–H groups in total. The molecule has 2 fully saturated rings. The fourth-order valence-electron chi connectivity index (χ4n) is 4.21. The molecule has 0 radical (unpaired) electrons. The first-order valence-corrected chi connectivity index (χ1v) is 11.5. The number of rotatable bonds is 5. The molecule has 0 spiro atoms. The van der Waals surface area contributed by atoms with Gasteiger partial charge in [0.1, 0.15) is 17.5 Å². The van der Waals surface area contributed by atoms with Crippen molar-refractivity contribution in [3.8, 4) is 17.3 Å². The second kappa shape index (κ2) is 10.6. The van der Waals surface area contributed by atoms with Crippen molar-refractivity contribution in [1.29, 1.82) is 5.26 Å². The van der Waals surface area contributed by atoms with E-state index in [9.17, 15) is 4.79 Å². The number of aromatic nitrogens is 3. The highest BCUT2D eigenvalue weighted by atomic mass is 35.5. The normalized spacial score (nSPS) is 15.5. The Bertz CT molecular complexity index is 1240. The number of hydrogen-bond donors (Lipinski definition) is 2. The third-order valence-electron chi connectivity index (χ3n) is 6.22. The monoisotopic (exact) mass is 490 g/mol. The topological polar surface area (TPSA) is 124 Å². The van der Waals surface area contributed by atoms with Crippen molar-refractivity contribution < 1.29 is 4.79 Å². The van der Waals surface area contributed by atoms with E-state index in [0.717, 1.165) is 30.0 Å². The molecule has 10 heteroatoms. The van der Waals surface area contributed by atoms with Crippen molar-refractivity contribution in [1.82, 2.24) is 19.9 Å². The number of nitriles is 1. The summed E-state index contributed by atoms with van der Waals surface area (Å²) < 4.78 is 0. The van der Waals surface area contributed by atoms with E-state index < -0.39 is 0 Å². The first-order valence-electron chi connectivity index (χ1n) is 11.5. The molecule has 1 aliphatic heterocycles. The van der Waals surface area contributed by atoms with Gasteiger partial charge in [-0.15, -0.1) is 12.4 Å². The Kier molecular flexibility index (Phi) is 7.32. The predicted molar refractivity (Wildman–Crippen MR) is 137 cm³/mol. The molecular formula is C25H27ClN8O. The number of hydrogen-bond acceptors (Lipinski definition) is 7. The Morgan fingerprint density at radius 1 is 1.06 bits per heavy atom. The lowest BCUT2D eigenvalue weighted by Gasteiger charge is -2.22. The summed E-state index contributed by atoms with van der Waals surface area (Å²) in [4.78, 5) is 29.2. The van der Waals surface area contributed by atoms with Gasteiger partial charge in [0.05, 0.1) is 17.3 Å². The van der Waals surface area contributed by atoms with Crippen LogP contribution >= 0.6 is 12.4 Å². The molecule has 35 heavy (non-hydrogen) atoms. The number of nitrogens with two attached hydrogens (primary N) is 1. The Labute approximate surface area is 210 Å². The molecule has 3 aromatic heterocycles. The fraction of sp³-hybridized carbons (Fsp3) is 0.320. The van der Waals surface area contributed by atoms with Crippen LogP contribution in [0.25, 0.3) is 11.3 Å². The van der Waals surface area contributed by atoms with Gasteiger partial charge in [-0.3, -0.25) is 0 Å². The first-order chi connectivity index (χ1) is 16.6. The maximum absolute atomic E-state index is 11.5. The summed E-state index contributed by atoms with van der Waals surface area (Å²) in [5, 5.41) is 12.4. The van der Waals surface area contributed by atoms with Gasteiger partial charge < -0.3 is 20.9 Å². The van der Waals surface area contributed by atoms with E-state index in [1.54, 1.807) is 23.2 Å². The average molecular weight is 491 g/mol. The zero-order chi connectivity index (χ0) is 23.5. The Morgan fingerprint density at radius 2 is 1.91 bits per heavy atom. The summed E-state index contributed by atoms with van der Waals surface area (Å²) in [6.07, 6.45) is 6.68. The van der Waals surface area contributed by atoms with Gasteiger partial charge in [-0.2, -0.15) is 5.26 Å². The van der Waals surface area contributed by atoms with E-state index >= 15 is 0 Å². The van der Waals surface area contributed by atoms with Crippen molar-refractivity contribution in [3.05, 3.63) is 59.9 Å². The van der Waals surface area contributed by atoms with Crippen molar-refractivity contribution in [3.63, 3.8) is 0 Å². The molecule has 3 aromatic rings. The summed E-state index contributed by atoms with van der Waals surface area (Å²) >= 11 is 0. The smallest absolute Gasteiger partial charge is 0.314 e. The zero-order valence-corrected chi connectivity index (χ0v) is 20.0. The first kappa shape index (κ1) is 24.2. The molecule has 9 nitrogen and oxygen atoms in total. The Hall–Kier alpha value is -3.90. The summed E-state index contributed by atoms with van der Waals surface area (Å²) in [5.74, 6) is 2.72. The Balaban J connectivity index is 0.00000289. The number of pyridine rings is 3. The van der Waals surface area contributed by atoms with Gasteiger partial charge in [0.15, 0.2) is 0 Å². The standard InChI is InChI=1S/C25H26N8O.ClH/c26-15-17-6-7-28-22(12-17)31-23-14-20(18-2-3-18)13-21(30-23)19-4-5-24(29-16-19)32-8-1-9-33(11-10-32)25(27)34;/h4-7,12-14,16,18H,1-3,8-11H2,(H2,27,34)(H,28,30,31);1H. The maximum Gasteiger partial charge on any atom is 0.314 e. The summed E-state index contributed by atoms with van der Waals surface area (Å²) in [7, 11) is 0. The average Bonchev–Trinajstić information content (AvgIpc) is 3.71. The molecule has 0 aromatic carbocycles. The maximum atomic E-state index is 11.5. The molecule has 5 rings (SSSR count). The number of nitrogens with one attached hydrogen (secondary N) is 1. The van der Waals surface area contributed by atoms with Crippen LogP contribution in [0.4, 0.5) is 22.2 Å². The van der Waals surface area contributed by atoms with Crippen molar-refractivity contribution in [2.75, 3.05) is 36.4 Å². The lowest BCUT2D eigenvalue weighted by atomic mass is 10.1. The number of anilines is 3. The van der Waals surface area contributed by atoms with E-state index in [0.29, 0.717) is 42.8 Å². The number of amides is 2. The molecule has 1 saturated carbocycles. The summed E-state index contributed by atoms with van der Waals surface area (Å²) in [5.41, 5.74) is 9.01. The van der Waals surface area contributed by atoms with Crippen LogP contribution in [0.2, 0.25) is 0 Å². The minimum absolute atomic E-state index is 0. The van der Waals surface area contributed by atoms with E-state index in [1.807, 2.05) is 18.3 Å². The van der Waals surface area contributed by atoms with Crippen LogP contribution in [0, 0.1) is 11.3 Å². The van der Waals surface area contributed by atoms with Crippen LogP contribution < -0.4 is 16.0 Å². The lowest BCUT2D eigenvalue weighted by Crippen LogP contribution is -2.38. The zero-order valence-electron chi connectivity index (χ0n) is 19.2. The quantitative estimate of drug-likeness (QED) is 0.552. The van der Waals surface area contributed by atoms with Gasteiger partial charge >= 0.3 is 6.03 Å².